The average molecular weight is 335 g/mol. The Hall–Kier alpha value is -3.08. The van der Waals surface area contributed by atoms with Crippen molar-refractivity contribution in [2.45, 2.75) is 0 Å². The summed E-state index contributed by atoms with van der Waals surface area (Å²) in [6.07, 6.45) is 3.40. The summed E-state index contributed by atoms with van der Waals surface area (Å²) in [7, 11) is 0. The molecule has 25 heavy (non-hydrogen) atoms. The third kappa shape index (κ3) is 4.07. The number of ether oxygens (including phenoxy) is 1. The number of hydrogen-bond acceptors (Lipinski definition) is 7. The molecule has 0 saturated heterocycles. The van der Waals surface area contributed by atoms with Gasteiger partial charge in [0, 0.05) is 29.9 Å². The molecule has 0 unspecified atom stereocenters. The van der Waals surface area contributed by atoms with Crippen LogP contribution in [0.3, 0.4) is 0 Å². The largest absolute Gasteiger partial charge is 0.394 e. The second-order valence-corrected chi connectivity index (χ2v) is 5.24. The number of rotatable bonds is 7. The quantitative estimate of drug-likeness (QED) is 0.636. The van der Waals surface area contributed by atoms with Crippen LogP contribution in [0.4, 0.5) is 5.82 Å². The molecule has 0 atom stereocenters. The minimum absolute atomic E-state index is 0.00682. The molecular weight excluding hydrogens is 318 g/mol. The minimum Gasteiger partial charge on any atom is -0.394 e. The molecule has 2 aromatic heterocycles. The van der Waals surface area contributed by atoms with Crippen LogP contribution in [0.25, 0.3) is 22.3 Å². The predicted molar refractivity (Wildman–Crippen MR) is 93.9 cm³/mol. The Balaban J connectivity index is 1.96. The molecule has 7 nitrogen and oxygen atoms in total. The number of fused-ring (bicyclic) bond motifs is 1. The summed E-state index contributed by atoms with van der Waals surface area (Å²) >= 11 is 0. The number of benzene rings is 1. The van der Waals surface area contributed by atoms with E-state index in [1.54, 1.807) is 24.5 Å². The smallest absolute Gasteiger partial charge is 0.163 e. The summed E-state index contributed by atoms with van der Waals surface area (Å²) in [6.45, 7) is 1.25. The molecular formula is C18H17N5O2. The van der Waals surface area contributed by atoms with Gasteiger partial charge in [0.15, 0.2) is 5.82 Å². The maximum atomic E-state index is 9.13. The van der Waals surface area contributed by atoms with E-state index in [9.17, 15) is 0 Å². The third-order valence-electron chi connectivity index (χ3n) is 3.52. The first-order valence-corrected chi connectivity index (χ1v) is 7.86. The van der Waals surface area contributed by atoms with Crippen LogP contribution in [0, 0.1) is 11.3 Å². The highest BCUT2D eigenvalue weighted by Crippen LogP contribution is 2.25. The highest BCUT2D eigenvalue weighted by atomic mass is 16.5. The SMILES string of the molecule is N#Cc1ccc2nc(-c3cccnc3)nc(NCCOCCO)c2c1. The topological polar surface area (TPSA) is 104 Å². The van der Waals surface area contributed by atoms with Crippen molar-refractivity contribution < 1.29 is 9.84 Å². The number of aromatic nitrogens is 3. The van der Waals surface area contributed by atoms with Gasteiger partial charge in [0.05, 0.1) is 37.0 Å². The highest BCUT2D eigenvalue weighted by Gasteiger charge is 2.10. The van der Waals surface area contributed by atoms with Gasteiger partial charge in [0.25, 0.3) is 0 Å². The Morgan fingerprint density at radius 3 is 2.88 bits per heavy atom. The molecule has 0 aliphatic heterocycles. The van der Waals surface area contributed by atoms with Crippen molar-refractivity contribution in [2.24, 2.45) is 0 Å². The van der Waals surface area contributed by atoms with Crippen LogP contribution in [0.5, 0.6) is 0 Å². The van der Waals surface area contributed by atoms with Crippen molar-refractivity contribution >= 4 is 16.7 Å². The molecule has 0 bridgehead atoms. The van der Waals surface area contributed by atoms with Crippen LogP contribution in [0.2, 0.25) is 0 Å². The number of nitrogens with one attached hydrogen (secondary N) is 1. The van der Waals surface area contributed by atoms with Gasteiger partial charge in [-0.3, -0.25) is 4.98 Å². The molecule has 0 aliphatic rings. The van der Waals surface area contributed by atoms with Gasteiger partial charge in [-0.05, 0) is 30.3 Å². The summed E-state index contributed by atoms with van der Waals surface area (Å²) in [4.78, 5) is 13.3. The third-order valence-corrected chi connectivity index (χ3v) is 3.52. The van der Waals surface area contributed by atoms with Gasteiger partial charge in [0.2, 0.25) is 0 Å². The van der Waals surface area contributed by atoms with E-state index in [4.69, 9.17) is 15.1 Å². The molecule has 0 spiro atoms. The lowest BCUT2D eigenvalue weighted by Gasteiger charge is -2.11. The maximum absolute atomic E-state index is 9.13. The molecule has 0 fully saturated rings. The van der Waals surface area contributed by atoms with Crippen LogP contribution in [-0.2, 0) is 4.74 Å². The molecule has 0 radical (unpaired) electrons. The number of hydrogen-bond donors (Lipinski definition) is 2. The molecule has 126 valence electrons. The van der Waals surface area contributed by atoms with E-state index in [0.717, 1.165) is 16.5 Å². The zero-order valence-electron chi connectivity index (χ0n) is 13.5. The summed E-state index contributed by atoms with van der Waals surface area (Å²) in [5.41, 5.74) is 2.10. The van der Waals surface area contributed by atoms with Crippen LogP contribution in [0.15, 0.2) is 42.7 Å². The summed E-state index contributed by atoms with van der Waals surface area (Å²) < 4.78 is 5.26. The minimum atomic E-state index is -0.00682. The van der Waals surface area contributed by atoms with Crippen molar-refractivity contribution in [2.75, 3.05) is 31.7 Å². The zero-order chi connectivity index (χ0) is 17.5. The zero-order valence-corrected chi connectivity index (χ0v) is 13.5. The van der Waals surface area contributed by atoms with Crippen molar-refractivity contribution in [1.29, 1.82) is 5.26 Å². The fraction of sp³-hybridized carbons (Fsp3) is 0.222. The van der Waals surface area contributed by atoms with E-state index in [-0.39, 0.29) is 6.61 Å². The van der Waals surface area contributed by atoms with Gasteiger partial charge in [-0.25, -0.2) is 9.97 Å². The summed E-state index contributed by atoms with van der Waals surface area (Å²) in [5.74, 6) is 1.19. The second-order valence-electron chi connectivity index (χ2n) is 5.24. The first-order valence-electron chi connectivity index (χ1n) is 7.86. The fourth-order valence-corrected chi connectivity index (χ4v) is 2.37. The standard InChI is InChI=1S/C18H17N5O2/c19-11-13-3-4-16-15(10-13)18(21-6-8-25-9-7-24)23-17(22-16)14-2-1-5-20-12-14/h1-5,10,12,24H,6-9H2,(H,21,22,23). The Labute approximate surface area is 145 Å². The van der Waals surface area contributed by atoms with Gasteiger partial charge in [-0.2, -0.15) is 5.26 Å². The van der Waals surface area contributed by atoms with E-state index in [2.05, 4.69) is 26.3 Å². The molecule has 1 aromatic carbocycles. The fourth-order valence-electron chi connectivity index (χ4n) is 2.37. The predicted octanol–water partition coefficient (Wildman–Crippen LogP) is 1.98. The lowest BCUT2D eigenvalue weighted by molar-refractivity contribution is 0.0992. The number of nitriles is 1. The Bertz CT molecular complexity index is 893. The summed E-state index contributed by atoms with van der Waals surface area (Å²) in [5, 5.41) is 21.9. The van der Waals surface area contributed by atoms with E-state index >= 15 is 0 Å². The number of anilines is 1. The molecule has 0 aliphatic carbocycles. The normalized spacial score (nSPS) is 10.6. The van der Waals surface area contributed by atoms with Gasteiger partial charge in [-0.1, -0.05) is 0 Å². The maximum Gasteiger partial charge on any atom is 0.163 e. The van der Waals surface area contributed by atoms with Crippen molar-refractivity contribution in [3.63, 3.8) is 0 Å². The van der Waals surface area contributed by atoms with Crippen LogP contribution >= 0.6 is 0 Å². The molecule has 3 aromatic rings. The van der Waals surface area contributed by atoms with Crippen LogP contribution in [0.1, 0.15) is 5.56 Å². The van der Waals surface area contributed by atoms with Gasteiger partial charge in [-0.15, -0.1) is 0 Å². The van der Waals surface area contributed by atoms with Gasteiger partial charge >= 0.3 is 0 Å². The van der Waals surface area contributed by atoms with Gasteiger partial charge in [0.1, 0.15) is 5.82 Å². The molecule has 2 N–H and O–H groups in total. The Kier molecular flexibility index (Phi) is 5.46. The first-order chi connectivity index (χ1) is 12.3. The first kappa shape index (κ1) is 16.8. The molecule has 7 heteroatoms. The Morgan fingerprint density at radius 2 is 2.12 bits per heavy atom. The number of pyridine rings is 1. The van der Waals surface area contributed by atoms with Crippen molar-refractivity contribution in [3.05, 3.63) is 48.3 Å². The average Bonchev–Trinajstić information content (AvgIpc) is 2.68. The summed E-state index contributed by atoms with van der Waals surface area (Å²) in [6, 6.07) is 11.2. The van der Waals surface area contributed by atoms with E-state index in [0.29, 0.717) is 37.0 Å². The molecule has 2 heterocycles. The van der Waals surface area contributed by atoms with Gasteiger partial charge < -0.3 is 15.2 Å². The number of nitrogens with zero attached hydrogens (tertiary/aromatic N) is 4. The van der Waals surface area contributed by atoms with E-state index in [1.165, 1.54) is 0 Å². The van der Waals surface area contributed by atoms with E-state index in [1.807, 2.05) is 18.2 Å². The molecule has 3 rings (SSSR count). The highest BCUT2D eigenvalue weighted by molar-refractivity contribution is 5.91. The molecule has 0 amide bonds. The van der Waals surface area contributed by atoms with Crippen molar-refractivity contribution in [1.82, 2.24) is 15.0 Å². The van der Waals surface area contributed by atoms with Crippen molar-refractivity contribution in [3.8, 4) is 17.5 Å². The monoisotopic (exact) mass is 335 g/mol. The Morgan fingerprint density at radius 1 is 1.20 bits per heavy atom. The lowest BCUT2D eigenvalue weighted by atomic mass is 10.1. The lowest BCUT2D eigenvalue weighted by Crippen LogP contribution is -2.13. The van der Waals surface area contributed by atoms with Crippen LogP contribution < -0.4 is 5.32 Å². The number of aliphatic hydroxyl groups is 1. The van der Waals surface area contributed by atoms with Crippen LogP contribution in [-0.4, -0.2) is 46.4 Å². The second kappa shape index (κ2) is 8.15. The molecule has 0 saturated carbocycles. The van der Waals surface area contributed by atoms with E-state index < -0.39 is 0 Å². The number of aliphatic hydroxyl groups excluding tert-OH is 1.